The van der Waals surface area contributed by atoms with Crippen LogP contribution in [0.1, 0.15) is 26.7 Å². The van der Waals surface area contributed by atoms with Crippen LogP contribution in [0.2, 0.25) is 0 Å². The highest BCUT2D eigenvalue weighted by molar-refractivity contribution is 5.83. The summed E-state index contributed by atoms with van der Waals surface area (Å²) < 4.78 is 0. The summed E-state index contributed by atoms with van der Waals surface area (Å²) in [5.41, 5.74) is -0.495. The van der Waals surface area contributed by atoms with Gasteiger partial charge in [0.05, 0.1) is 12.1 Å². The topological polar surface area (TPSA) is 65.1 Å². The Hall–Kier alpha value is -1.81. The number of pyridine rings is 1. The molecule has 4 nitrogen and oxygen atoms in total. The van der Waals surface area contributed by atoms with Gasteiger partial charge < -0.3 is 15.4 Å². The molecule has 2 aromatic rings. The molecule has 1 aromatic heterocycles. The molecule has 0 amide bonds. The lowest BCUT2D eigenvalue weighted by molar-refractivity contribution is 0.202. The number of rotatable bonds is 5. The minimum atomic E-state index is -0.384. The lowest BCUT2D eigenvalue weighted by Crippen LogP contribution is -2.41. The van der Waals surface area contributed by atoms with Crippen molar-refractivity contribution >= 4 is 16.6 Å². The average Bonchev–Trinajstić information content (AvgIpc) is 2.45. The van der Waals surface area contributed by atoms with Crippen molar-refractivity contribution in [3.8, 4) is 0 Å². The summed E-state index contributed by atoms with van der Waals surface area (Å²) in [5.74, 6) is 0.654. The maximum atomic E-state index is 12.0. The maximum Gasteiger partial charge on any atom is 0.257 e. The zero-order valence-electron chi connectivity index (χ0n) is 11.4. The van der Waals surface area contributed by atoms with E-state index in [1.54, 1.807) is 6.07 Å². The predicted octanol–water partition coefficient (Wildman–Crippen LogP) is 2.49. The summed E-state index contributed by atoms with van der Waals surface area (Å²) in [6.45, 7) is 4.08. The Bertz CT molecular complexity index is 607. The number of H-pyrrole nitrogens is 1. The van der Waals surface area contributed by atoms with E-state index in [0.717, 1.165) is 18.2 Å². The quantitative estimate of drug-likeness (QED) is 0.774. The van der Waals surface area contributed by atoms with E-state index in [2.05, 4.69) is 10.3 Å². The van der Waals surface area contributed by atoms with Crippen LogP contribution in [0.25, 0.3) is 10.8 Å². The van der Waals surface area contributed by atoms with Crippen molar-refractivity contribution in [3.63, 3.8) is 0 Å². The molecule has 0 saturated heterocycles. The van der Waals surface area contributed by atoms with Crippen molar-refractivity contribution < 1.29 is 5.11 Å². The Morgan fingerprint density at radius 1 is 1.26 bits per heavy atom. The van der Waals surface area contributed by atoms with E-state index < -0.39 is 0 Å². The molecular weight excluding hydrogens is 240 g/mol. The highest BCUT2D eigenvalue weighted by atomic mass is 16.3. The Kier molecular flexibility index (Phi) is 3.90. The molecule has 1 heterocycles. The first-order valence-corrected chi connectivity index (χ1v) is 6.65. The first-order chi connectivity index (χ1) is 9.14. The van der Waals surface area contributed by atoms with Crippen molar-refractivity contribution in [2.75, 3.05) is 11.9 Å². The summed E-state index contributed by atoms with van der Waals surface area (Å²) in [7, 11) is 0. The molecule has 4 heteroatoms. The molecule has 0 aliphatic carbocycles. The Labute approximate surface area is 112 Å². The van der Waals surface area contributed by atoms with Gasteiger partial charge in [-0.25, -0.2) is 0 Å². The van der Waals surface area contributed by atoms with Crippen LogP contribution in [0.5, 0.6) is 0 Å². The van der Waals surface area contributed by atoms with E-state index in [4.69, 9.17) is 0 Å². The lowest BCUT2D eigenvalue weighted by Gasteiger charge is -2.31. The molecule has 0 aliphatic rings. The molecule has 0 unspecified atom stereocenters. The van der Waals surface area contributed by atoms with Crippen LogP contribution in [-0.4, -0.2) is 22.2 Å². The van der Waals surface area contributed by atoms with Crippen molar-refractivity contribution in [1.29, 1.82) is 0 Å². The SMILES string of the molecule is CCC(CC)(CO)Nc1cc2ccccc2c(=O)[nH]1. The number of hydrogen-bond donors (Lipinski definition) is 3. The molecule has 3 N–H and O–H groups in total. The van der Waals surface area contributed by atoms with Gasteiger partial charge in [0, 0.05) is 5.39 Å². The van der Waals surface area contributed by atoms with Gasteiger partial charge in [-0.3, -0.25) is 4.79 Å². The number of aliphatic hydroxyl groups excluding tert-OH is 1. The predicted molar refractivity (Wildman–Crippen MR) is 78.6 cm³/mol. The van der Waals surface area contributed by atoms with E-state index in [1.165, 1.54) is 0 Å². The van der Waals surface area contributed by atoms with Crippen molar-refractivity contribution in [2.24, 2.45) is 0 Å². The molecule has 102 valence electrons. The highest BCUT2D eigenvalue weighted by Crippen LogP contribution is 2.21. The molecule has 0 spiro atoms. The summed E-state index contributed by atoms with van der Waals surface area (Å²) >= 11 is 0. The third kappa shape index (κ3) is 2.63. The monoisotopic (exact) mass is 260 g/mol. The van der Waals surface area contributed by atoms with Gasteiger partial charge in [-0.05, 0) is 30.4 Å². The second-order valence-corrected chi connectivity index (χ2v) is 4.87. The van der Waals surface area contributed by atoms with Crippen molar-refractivity contribution in [1.82, 2.24) is 4.98 Å². The van der Waals surface area contributed by atoms with Crippen LogP contribution in [0.15, 0.2) is 35.1 Å². The van der Waals surface area contributed by atoms with Crippen molar-refractivity contribution in [3.05, 3.63) is 40.7 Å². The number of anilines is 1. The normalized spacial score (nSPS) is 11.7. The zero-order chi connectivity index (χ0) is 13.9. The molecule has 0 bridgehead atoms. The van der Waals surface area contributed by atoms with E-state index in [9.17, 15) is 9.90 Å². The summed E-state index contributed by atoms with van der Waals surface area (Å²) in [6.07, 6.45) is 1.57. The van der Waals surface area contributed by atoms with E-state index in [0.29, 0.717) is 11.2 Å². The Morgan fingerprint density at radius 2 is 1.95 bits per heavy atom. The molecule has 0 radical (unpaired) electrons. The molecule has 0 aliphatic heterocycles. The Morgan fingerprint density at radius 3 is 2.58 bits per heavy atom. The number of aliphatic hydroxyl groups is 1. The van der Waals surface area contributed by atoms with Gasteiger partial charge in [-0.1, -0.05) is 32.0 Å². The van der Waals surface area contributed by atoms with Crippen LogP contribution >= 0.6 is 0 Å². The van der Waals surface area contributed by atoms with Gasteiger partial charge in [-0.2, -0.15) is 0 Å². The van der Waals surface area contributed by atoms with Crippen LogP contribution < -0.4 is 10.9 Å². The van der Waals surface area contributed by atoms with Gasteiger partial charge >= 0.3 is 0 Å². The number of aromatic nitrogens is 1. The highest BCUT2D eigenvalue weighted by Gasteiger charge is 2.25. The van der Waals surface area contributed by atoms with Crippen LogP contribution in [0.4, 0.5) is 5.82 Å². The van der Waals surface area contributed by atoms with E-state index >= 15 is 0 Å². The van der Waals surface area contributed by atoms with E-state index in [1.807, 2.05) is 38.1 Å². The number of nitrogens with one attached hydrogen (secondary N) is 2. The van der Waals surface area contributed by atoms with Gasteiger partial charge in [0.2, 0.25) is 0 Å². The number of aromatic amines is 1. The Balaban J connectivity index is 2.44. The number of benzene rings is 1. The largest absolute Gasteiger partial charge is 0.394 e. The standard InChI is InChI=1S/C15H20N2O2/c1-3-15(4-2,10-18)17-13-9-11-7-5-6-8-12(11)14(19)16-13/h5-9,18H,3-4,10H2,1-2H3,(H2,16,17,19). The zero-order valence-corrected chi connectivity index (χ0v) is 11.4. The minimum absolute atomic E-state index is 0.0366. The molecular formula is C15H20N2O2. The molecule has 1 aromatic carbocycles. The summed E-state index contributed by atoms with van der Waals surface area (Å²) in [4.78, 5) is 14.8. The maximum absolute atomic E-state index is 12.0. The van der Waals surface area contributed by atoms with Gasteiger partial charge in [0.1, 0.15) is 5.82 Å². The average molecular weight is 260 g/mol. The fraction of sp³-hybridized carbons (Fsp3) is 0.400. The fourth-order valence-electron chi connectivity index (χ4n) is 2.25. The van der Waals surface area contributed by atoms with Crippen LogP contribution in [0, 0.1) is 0 Å². The van der Waals surface area contributed by atoms with Gasteiger partial charge in [0.25, 0.3) is 5.56 Å². The smallest absolute Gasteiger partial charge is 0.257 e. The second kappa shape index (κ2) is 5.45. The van der Waals surface area contributed by atoms with Gasteiger partial charge in [-0.15, -0.1) is 0 Å². The second-order valence-electron chi connectivity index (χ2n) is 4.87. The first kappa shape index (κ1) is 13.6. The minimum Gasteiger partial charge on any atom is -0.394 e. The van der Waals surface area contributed by atoms with Crippen LogP contribution in [-0.2, 0) is 0 Å². The first-order valence-electron chi connectivity index (χ1n) is 6.65. The molecule has 0 atom stereocenters. The molecule has 0 saturated carbocycles. The number of fused-ring (bicyclic) bond motifs is 1. The fourth-order valence-corrected chi connectivity index (χ4v) is 2.25. The molecule has 19 heavy (non-hydrogen) atoms. The van der Waals surface area contributed by atoms with Crippen LogP contribution in [0.3, 0.4) is 0 Å². The summed E-state index contributed by atoms with van der Waals surface area (Å²) in [5, 5.41) is 14.4. The molecule has 2 rings (SSSR count). The van der Waals surface area contributed by atoms with E-state index in [-0.39, 0.29) is 17.7 Å². The third-order valence-electron chi connectivity index (χ3n) is 3.81. The molecule has 0 fully saturated rings. The van der Waals surface area contributed by atoms with Crippen molar-refractivity contribution in [2.45, 2.75) is 32.2 Å². The third-order valence-corrected chi connectivity index (χ3v) is 3.81. The number of hydrogen-bond acceptors (Lipinski definition) is 3. The van der Waals surface area contributed by atoms with Gasteiger partial charge in [0.15, 0.2) is 0 Å². The summed E-state index contributed by atoms with van der Waals surface area (Å²) in [6, 6.07) is 9.38. The lowest BCUT2D eigenvalue weighted by atomic mass is 9.94.